The first-order valence-electron chi connectivity index (χ1n) is 7.64. The summed E-state index contributed by atoms with van der Waals surface area (Å²) in [5.41, 5.74) is 1.24. The molecule has 7 heteroatoms. The van der Waals surface area contributed by atoms with Gasteiger partial charge in [-0.1, -0.05) is 6.92 Å². The van der Waals surface area contributed by atoms with Crippen LogP contribution in [0.5, 0.6) is 0 Å². The van der Waals surface area contributed by atoms with Crippen molar-refractivity contribution >= 4 is 23.2 Å². The van der Waals surface area contributed by atoms with Crippen molar-refractivity contribution in [2.75, 3.05) is 6.54 Å². The molecule has 1 amide bonds. The van der Waals surface area contributed by atoms with Gasteiger partial charge in [0.1, 0.15) is 15.7 Å². The molecule has 1 N–H and O–H groups in total. The highest BCUT2D eigenvalue weighted by Gasteiger charge is 2.22. The van der Waals surface area contributed by atoms with Gasteiger partial charge in [-0.05, 0) is 44.5 Å². The Morgan fingerprint density at radius 1 is 1.33 bits per heavy atom. The number of hydrogen-bond acceptors (Lipinski definition) is 5. The molecular formula is C17H19FN2O3S. The minimum Gasteiger partial charge on any atom is -0.448 e. The van der Waals surface area contributed by atoms with Crippen molar-refractivity contribution in [1.29, 1.82) is 0 Å². The zero-order chi connectivity index (χ0) is 17.7. The highest BCUT2D eigenvalue weighted by atomic mass is 32.1. The summed E-state index contributed by atoms with van der Waals surface area (Å²) in [6, 6.07) is 5.88. The van der Waals surface area contributed by atoms with Crippen LogP contribution in [0.25, 0.3) is 10.6 Å². The number of benzene rings is 1. The summed E-state index contributed by atoms with van der Waals surface area (Å²) in [4.78, 5) is 28.7. The molecule has 2 rings (SSSR count). The molecular weight excluding hydrogens is 331 g/mol. The Labute approximate surface area is 143 Å². The maximum Gasteiger partial charge on any atom is 0.351 e. The second-order valence-electron chi connectivity index (χ2n) is 5.28. The minimum absolute atomic E-state index is 0.328. The van der Waals surface area contributed by atoms with Crippen LogP contribution in [0.2, 0.25) is 0 Å². The van der Waals surface area contributed by atoms with E-state index in [9.17, 15) is 14.0 Å². The standard InChI is InChI=1S/C17H19FN2O3S/c1-4-9-19-15(21)11(3)23-17(22)14-10(2)20-16(24-14)12-5-7-13(18)8-6-12/h5-8,11H,4,9H2,1-3H3,(H,19,21). The van der Waals surface area contributed by atoms with Crippen LogP contribution in [-0.4, -0.2) is 29.5 Å². The first-order valence-corrected chi connectivity index (χ1v) is 8.46. The van der Waals surface area contributed by atoms with Crippen molar-refractivity contribution in [2.24, 2.45) is 0 Å². The zero-order valence-corrected chi connectivity index (χ0v) is 14.6. The third-order valence-electron chi connectivity index (χ3n) is 3.28. The molecule has 1 aromatic heterocycles. The Morgan fingerprint density at radius 3 is 2.62 bits per heavy atom. The van der Waals surface area contributed by atoms with Crippen molar-refractivity contribution in [3.8, 4) is 10.6 Å². The molecule has 24 heavy (non-hydrogen) atoms. The zero-order valence-electron chi connectivity index (χ0n) is 13.8. The van der Waals surface area contributed by atoms with Gasteiger partial charge < -0.3 is 10.1 Å². The normalized spacial score (nSPS) is 11.8. The third kappa shape index (κ3) is 4.38. The molecule has 128 valence electrons. The molecule has 0 saturated carbocycles. The lowest BCUT2D eigenvalue weighted by atomic mass is 10.2. The number of ether oxygens (including phenoxy) is 1. The molecule has 0 saturated heterocycles. The molecule has 0 fully saturated rings. The lowest BCUT2D eigenvalue weighted by Crippen LogP contribution is -2.36. The SMILES string of the molecule is CCCNC(=O)C(C)OC(=O)c1sc(-c2ccc(F)cc2)nc1C. The number of rotatable bonds is 6. The number of hydrogen-bond donors (Lipinski definition) is 1. The monoisotopic (exact) mass is 350 g/mol. The quantitative estimate of drug-likeness (QED) is 0.812. The van der Waals surface area contributed by atoms with Gasteiger partial charge in [0.25, 0.3) is 5.91 Å². The van der Waals surface area contributed by atoms with E-state index in [0.717, 1.165) is 23.3 Å². The highest BCUT2D eigenvalue weighted by Crippen LogP contribution is 2.28. The van der Waals surface area contributed by atoms with Gasteiger partial charge in [0, 0.05) is 12.1 Å². The van der Waals surface area contributed by atoms with E-state index in [1.54, 1.807) is 19.1 Å². The summed E-state index contributed by atoms with van der Waals surface area (Å²) >= 11 is 1.16. The van der Waals surface area contributed by atoms with Gasteiger partial charge in [-0.15, -0.1) is 11.3 Å². The first-order chi connectivity index (χ1) is 11.4. The van der Waals surface area contributed by atoms with Crippen LogP contribution in [0.3, 0.4) is 0 Å². The number of nitrogens with one attached hydrogen (secondary N) is 1. The summed E-state index contributed by atoms with van der Waals surface area (Å²) in [7, 11) is 0. The molecule has 1 atom stereocenters. The second-order valence-corrected chi connectivity index (χ2v) is 6.28. The average molecular weight is 350 g/mol. The van der Waals surface area contributed by atoms with E-state index < -0.39 is 12.1 Å². The molecule has 0 bridgehead atoms. The number of aromatic nitrogens is 1. The molecule has 1 heterocycles. The van der Waals surface area contributed by atoms with Gasteiger partial charge in [0.15, 0.2) is 6.10 Å². The second kappa shape index (κ2) is 8.01. The smallest absolute Gasteiger partial charge is 0.351 e. The topological polar surface area (TPSA) is 68.3 Å². The number of amides is 1. The van der Waals surface area contributed by atoms with E-state index in [1.807, 2.05) is 6.92 Å². The van der Waals surface area contributed by atoms with Crippen LogP contribution in [0.15, 0.2) is 24.3 Å². The van der Waals surface area contributed by atoms with Gasteiger partial charge in [-0.25, -0.2) is 14.2 Å². The Kier molecular flexibility index (Phi) is 6.03. The van der Waals surface area contributed by atoms with Gasteiger partial charge in [0.05, 0.1) is 5.69 Å². The van der Waals surface area contributed by atoms with Crippen LogP contribution < -0.4 is 5.32 Å². The Balaban J connectivity index is 2.10. The first kappa shape index (κ1) is 18.1. The summed E-state index contributed by atoms with van der Waals surface area (Å²) < 4.78 is 18.2. The predicted octanol–water partition coefficient (Wildman–Crippen LogP) is 3.33. The summed E-state index contributed by atoms with van der Waals surface area (Å²) in [5, 5.41) is 3.28. The average Bonchev–Trinajstić information content (AvgIpc) is 2.95. The number of carbonyl (C=O) groups excluding carboxylic acids is 2. The predicted molar refractivity (Wildman–Crippen MR) is 90.4 cm³/mol. The lowest BCUT2D eigenvalue weighted by molar-refractivity contribution is -0.129. The molecule has 1 aromatic carbocycles. The van der Waals surface area contributed by atoms with Crippen molar-refractivity contribution < 1.29 is 18.7 Å². The molecule has 0 spiro atoms. The van der Waals surface area contributed by atoms with Gasteiger partial charge in [0.2, 0.25) is 0 Å². The molecule has 0 aliphatic carbocycles. The van der Waals surface area contributed by atoms with Crippen LogP contribution >= 0.6 is 11.3 Å². The Bertz CT molecular complexity index is 728. The maximum absolute atomic E-state index is 13.0. The van der Waals surface area contributed by atoms with E-state index in [-0.39, 0.29) is 11.7 Å². The minimum atomic E-state index is -0.875. The van der Waals surface area contributed by atoms with E-state index in [0.29, 0.717) is 22.1 Å². The van der Waals surface area contributed by atoms with Crippen molar-refractivity contribution in [3.05, 3.63) is 40.7 Å². The van der Waals surface area contributed by atoms with Crippen LogP contribution in [0.1, 0.15) is 35.6 Å². The van der Waals surface area contributed by atoms with E-state index in [2.05, 4.69) is 10.3 Å². The lowest BCUT2D eigenvalue weighted by Gasteiger charge is -2.12. The van der Waals surface area contributed by atoms with E-state index >= 15 is 0 Å². The molecule has 1 unspecified atom stereocenters. The van der Waals surface area contributed by atoms with Gasteiger partial charge in [-0.2, -0.15) is 0 Å². The van der Waals surface area contributed by atoms with Crippen molar-refractivity contribution in [3.63, 3.8) is 0 Å². The third-order valence-corrected chi connectivity index (χ3v) is 4.46. The number of carbonyl (C=O) groups is 2. The number of nitrogens with zero attached hydrogens (tertiary/aromatic N) is 1. The van der Waals surface area contributed by atoms with Gasteiger partial charge >= 0.3 is 5.97 Å². The fraction of sp³-hybridized carbons (Fsp3) is 0.353. The Morgan fingerprint density at radius 2 is 2.00 bits per heavy atom. The fourth-order valence-corrected chi connectivity index (χ4v) is 2.92. The van der Waals surface area contributed by atoms with Crippen molar-refractivity contribution in [2.45, 2.75) is 33.3 Å². The Hall–Kier alpha value is -2.28. The molecule has 0 aliphatic rings. The molecule has 5 nitrogen and oxygen atoms in total. The van der Waals surface area contributed by atoms with E-state index in [4.69, 9.17) is 4.74 Å². The largest absolute Gasteiger partial charge is 0.448 e. The van der Waals surface area contributed by atoms with Crippen LogP contribution in [-0.2, 0) is 9.53 Å². The summed E-state index contributed by atoms with van der Waals surface area (Å²) in [6.07, 6.45) is -0.0682. The molecule has 2 aromatic rings. The summed E-state index contributed by atoms with van der Waals surface area (Å²) in [5.74, 6) is -1.25. The number of aryl methyl sites for hydroxylation is 1. The number of thiazole rings is 1. The summed E-state index contributed by atoms with van der Waals surface area (Å²) in [6.45, 7) is 5.70. The number of halogens is 1. The maximum atomic E-state index is 13.0. The molecule has 0 aliphatic heterocycles. The van der Waals surface area contributed by atoms with Crippen molar-refractivity contribution in [1.82, 2.24) is 10.3 Å². The van der Waals surface area contributed by atoms with Crippen LogP contribution in [0.4, 0.5) is 4.39 Å². The fourth-order valence-electron chi connectivity index (χ4n) is 1.96. The van der Waals surface area contributed by atoms with E-state index in [1.165, 1.54) is 19.1 Å². The highest BCUT2D eigenvalue weighted by molar-refractivity contribution is 7.17. The van der Waals surface area contributed by atoms with Crippen LogP contribution in [0, 0.1) is 12.7 Å². The number of esters is 1. The van der Waals surface area contributed by atoms with Gasteiger partial charge in [-0.3, -0.25) is 4.79 Å². The molecule has 0 radical (unpaired) electrons.